The fourth-order valence-electron chi connectivity index (χ4n) is 0.929. The lowest BCUT2D eigenvalue weighted by molar-refractivity contribution is 0.436. The van der Waals surface area contributed by atoms with Gasteiger partial charge in [0.1, 0.15) is 12.5 Å². The summed E-state index contributed by atoms with van der Waals surface area (Å²) in [6, 6.07) is 3.81. The number of halogens is 2. The summed E-state index contributed by atoms with van der Waals surface area (Å²) in [5.41, 5.74) is 6.42. The minimum atomic E-state index is -0.708. The van der Waals surface area contributed by atoms with Gasteiger partial charge in [0.2, 0.25) is 0 Å². The normalized spacial score (nSPS) is 13.0. The molecular weight excluding hydrogens is 160 g/mol. The van der Waals surface area contributed by atoms with Gasteiger partial charge in [-0.05, 0) is 24.1 Å². The molecule has 1 atom stereocenters. The summed E-state index contributed by atoms with van der Waals surface area (Å²) in [7, 11) is 0. The highest BCUT2D eigenvalue weighted by molar-refractivity contribution is 5.25. The molecule has 0 spiro atoms. The largest absolute Gasteiger partial charge is 0.322 e. The molecule has 2 N–H and O–H groups in total. The maximum absolute atomic E-state index is 12.9. The first-order valence-corrected chi connectivity index (χ1v) is 3.72. The maximum atomic E-state index is 12.9. The summed E-state index contributed by atoms with van der Waals surface area (Å²) < 4.78 is 25.0. The van der Waals surface area contributed by atoms with Crippen LogP contribution in [-0.2, 0) is 0 Å². The topological polar surface area (TPSA) is 26.0 Å². The number of benzene rings is 1. The van der Waals surface area contributed by atoms with E-state index in [0.29, 0.717) is 11.1 Å². The van der Waals surface area contributed by atoms with Crippen LogP contribution in [-0.4, -0.2) is 6.67 Å². The Morgan fingerprint density at radius 3 is 2.67 bits per heavy atom. The molecule has 1 nitrogen and oxygen atoms in total. The molecule has 0 aliphatic carbocycles. The fourth-order valence-corrected chi connectivity index (χ4v) is 0.929. The summed E-state index contributed by atoms with van der Waals surface area (Å²) in [5.74, 6) is -0.337. The molecule has 66 valence electrons. The van der Waals surface area contributed by atoms with Crippen molar-refractivity contribution in [1.29, 1.82) is 0 Å². The zero-order valence-corrected chi connectivity index (χ0v) is 6.85. The first-order valence-electron chi connectivity index (χ1n) is 3.72. The zero-order chi connectivity index (χ0) is 9.14. The number of alkyl halides is 1. The Kier molecular flexibility index (Phi) is 2.76. The average Bonchev–Trinajstić information content (AvgIpc) is 2.08. The Hall–Kier alpha value is -0.960. The standard InChI is InChI=1S/C9H11F2N/c1-6-2-3-7(4-8(6)11)9(12)5-10/h2-4,9H,5,12H2,1H3/t9-/m0/s1. The molecule has 3 heteroatoms. The van der Waals surface area contributed by atoms with Gasteiger partial charge in [0.15, 0.2) is 0 Å². The number of hydrogen-bond acceptors (Lipinski definition) is 1. The van der Waals surface area contributed by atoms with Crippen LogP contribution in [0.4, 0.5) is 8.78 Å². The molecule has 0 radical (unpaired) electrons. The van der Waals surface area contributed by atoms with E-state index in [1.54, 1.807) is 19.1 Å². The molecule has 0 amide bonds. The average molecular weight is 171 g/mol. The Morgan fingerprint density at radius 1 is 1.50 bits per heavy atom. The number of aryl methyl sites for hydroxylation is 1. The highest BCUT2D eigenvalue weighted by Gasteiger charge is 2.06. The Bertz CT molecular complexity index is 273. The summed E-state index contributed by atoms with van der Waals surface area (Å²) in [6.45, 7) is 0.989. The van der Waals surface area contributed by atoms with Gasteiger partial charge in [-0.2, -0.15) is 0 Å². The summed E-state index contributed by atoms with van der Waals surface area (Å²) >= 11 is 0. The van der Waals surface area contributed by atoms with Crippen molar-refractivity contribution in [3.05, 3.63) is 35.1 Å². The predicted molar refractivity (Wildman–Crippen MR) is 44.0 cm³/mol. The molecule has 12 heavy (non-hydrogen) atoms. The third-order valence-corrected chi connectivity index (χ3v) is 1.79. The molecule has 0 aliphatic heterocycles. The molecule has 0 unspecified atom stereocenters. The molecule has 0 aromatic heterocycles. The van der Waals surface area contributed by atoms with Gasteiger partial charge in [-0.1, -0.05) is 12.1 Å². The van der Waals surface area contributed by atoms with Crippen molar-refractivity contribution >= 4 is 0 Å². The van der Waals surface area contributed by atoms with Crippen LogP contribution in [0.3, 0.4) is 0 Å². The monoisotopic (exact) mass is 171 g/mol. The van der Waals surface area contributed by atoms with E-state index in [4.69, 9.17) is 5.73 Å². The third-order valence-electron chi connectivity index (χ3n) is 1.79. The zero-order valence-electron chi connectivity index (χ0n) is 6.85. The number of rotatable bonds is 2. The number of nitrogens with two attached hydrogens (primary N) is 1. The van der Waals surface area contributed by atoms with Crippen LogP contribution in [0, 0.1) is 12.7 Å². The van der Waals surface area contributed by atoms with Crippen LogP contribution >= 0.6 is 0 Å². The minimum absolute atomic E-state index is 0.337. The molecule has 0 bridgehead atoms. The Balaban J connectivity index is 2.96. The lowest BCUT2D eigenvalue weighted by Gasteiger charge is -2.07. The SMILES string of the molecule is Cc1ccc([C@@H](N)CF)cc1F. The van der Waals surface area contributed by atoms with Crippen molar-refractivity contribution in [1.82, 2.24) is 0 Å². The van der Waals surface area contributed by atoms with Gasteiger partial charge >= 0.3 is 0 Å². The molecule has 1 aromatic rings. The van der Waals surface area contributed by atoms with Gasteiger partial charge in [-0.25, -0.2) is 8.78 Å². The third kappa shape index (κ3) is 1.80. The van der Waals surface area contributed by atoms with Gasteiger partial charge in [-0.15, -0.1) is 0 Å². The van der Waals surface area contributed by atoms with E-state index < -0.39 is 12.7 Å². The fraction of sp³-hybridized carbons (Fsp3) is 0.333. The van der Waals surface area contributed by atoms with E-state index in [1.807, 2.05) is 0 Å². The van der Waals surface area contributed by atoms with Crippen LogP contribution in [0.1, 0.15) is 17.2 Å². The van der Waals surface area contributed by atoms with Crippen molar-refractivity contribution in [3.8, 4) is 0 Å². The van der Waals surface area contributed by atoms with Crippen molar-refractivity contribution in [2.75, 3.05) is 6.67 Å². The lowest BCUT2D eigenvalue weighted by atomic mass is 10.1. The van der Waals surface area contributed by atoms with E-state index in [0.717, 1.165) is 0 Å². The van der Waals surface area contributed by atoms with Crippen LogP contribution in [0.2, 0.25) is 0 Å². The molecule has 0 heterocycles. The summed E-state index contributed by atoms with van der Waals surface area (Å²) in [4.78, 5) is 0. The second-order valence-electron chi connectivity index (χ2n) is 2.77. The summed E-state index contributed by atoms with van der Waals surface area (Å²) in [6.07, 6.45) is 0. The Morgan fingerprint density at radius 2 is 2.17 bits per heavy atom. The quantitative estimate of drug-likeness (QED) is 0.724. The minimum Gasteiger partial charge on any atom is -0.322 e. The molecule has 0 saturated carbocycles. The molecule has 0 fully saturated rings. The lowest BCUT2D eigenvalue weighted by Crippen LogP contribution is -2.12. The van der Waals surface area contributed by atoms with Crippen molar-refractivity contribution in [2.45, 2.75) is 13.0 Å². The maximum Gasteiger partial charge on any atom is 0.126 e. The molecule has 0 saturated heterocycles. The van der Waals surface area contributed by atoms with Gasteiger partial charge in [0, 0.05) is 0 Å². The molecular formula is C9H11F2N. The van der Waals surface area contributed by atoms with Gasteiger partial charge < -0.3 is 5.73 Å². The Labute approximate surface area is 70.2 Å². The molecule has 1 aromatic carbocycles. The highest BCUT2D eigenvalue weighted by atomic mass is 19.1. The van der Waals surface area contributed by atoms with Gasteiger partial charge in [-0.3, -0.25) is 0 Å². The van der Waals surface area contributed by atoms with E-state index in [2.05, 4.69) is 0 Å². The van der Waals surface area contributed by atoms with E-state index >= 15 is 0 Å². The van der Waals surface area contributed by atoms with Crippen LogP contribution in [0.15, 0.2) is 18.2 Å². The highest BCUT2D eigenvalue weighted by Crippen LogP contribution is 2.14. The van der Waals surface area contributed by atoms with E-state index in [1.165, 1.54) is 6.07 Å². The second kappa shape index (κ2) is 3.63. The van der Waals surface area contributed by atoms with Crippen LogP contribution in [0.25, 0.3) is 0 Å². The van der Waals surface area contributed by atoms with Crippen molar-refractivity contribution < 1.29 is 8.78 Å². The first-order chi connectivity index (χ1) is 5.65. The van der Waals surface area contributed by atoms with Crippen LogP contribution < -0.4 is 5.73 Å². The number of hydrogen-bond donors (Lipinski definition) is 1. The van der Waals surface area contributed by atoms with Gasteiger partial charge in [0.25, 0.3) is 0 Å². The summed E-state index contributed by atoms with van der Waals surface area (Å²) in [5, 5.41) is 0. The first kappa shape index (κ1) is 9.13. The van der Waals surface area contributed by atoms with Crippen LogP contribution in [0.5, 0.6) is 0 Å². The van der Waals surface area contributed by atoms with E-state index in [-0.39, 0.29) is 5.82 Å². The molecule has 1 rings (SSSR count). The van der Waals surface area contributed by atoms with E-state index in [9.17, 15) is 8.78 Å². The molecule has 0 aliphatic rings. The predicted octanol–water partition coefficient (Wildman–Crippen LogP) is 2.10. The second-order valence-corrected chi connectivity index (χ2v) is 2.77. The van der Waals surface area contributed by atoms with Crippen molar-refractivity contribution in [2.24, 2.45) is 5.73 Å². The van der Waals surface area contributed by atoms with Gasteiger partial charge in [0.05, 0.1) is 6.04 Å². The smallest absolute Gasteiger partial charge is 0.126 e. The van der Waals surface area contributed by atoms with Crippen molar-refractivity contribution in [3.63, 3.8) is 0 Å².